The summed E-state index contributed by atoms with van der Waals surface area (Å²) >= 11 is 1.57. The molecule has 1 aromatic carbocycles. The average molecular weight is 328 g/mol. The third-order valence-electron chi connectivity index (χ3n) is 2.31. The first-order chi connectivity index (χ1) is 9.56. The number of aliphatic carboxylic acids is 1. The Morgan fingerprint density at radius 2 is 2.20 bits per heavy atom. The van der Waals surface area contributed by atoms with Crippen molar-refractivity contribution in [3.05, 3.63) is 24.3 Å². The van der Waals surface area contributed by atoms with Gasteiger partial charge >= 0.3 is 5.97 Å². The van der Waals surface area contributed by atoms with Crippen LogP contribution in [0.3, 0.4) is 0 Å². The van der Waals surface area contributed by atoms with Crippen molar-refractivity contribution < 1.29 is 14.7 Å². The second kappa shape index (κ2) is 6.96. The van der Waals surface area contributed by atoms with E-state index in [4.69, 9.17) is 5.11 Å². The molecule has 0 saturated heterocycles. The van der Waals surface area contributed by atoms with E-state index in [0.29, 0.717) is 0 Å². The maximum absolute atomic E-state index is 11.0. The summed E-state index contributed by atoms with van der Waals surface area (Å²) in [4.78, 5) is 26.3. The summed E-state index contributed by atoms with van der Waals surface area (Å²) in [6.45, 7) is 1.31. The molecule has 2 N–H and O–H groups in total. The van der Waals surface area contributed by atoms with Gasteiger partial charge in [-0.25, -0.2) is 9.78 Å². The van der Waals surface area contributed by atoms with Gasteiger partial charge in [0.15, 0.2) is 4.34 Å². The second-order valence-electron chi connectivity index (χ2n) is 3.91. The maximum Gasteiger partial charge on any atom is 0.327 e. The summed E-state index contributed by atoms with van der Waals surface area (Å²) < 4.78 is 1.98. The molecule has 1 aromatic heterocycles. The van der Waals surface area contributed by atoms with E-state index in [0.717, 1.165) is 14.6 Å². The van der Waals surface area contributed by atoms with Crippen LogP contribution in [0.25, 0.3) is 10.2 Å². The first kappa shape index (κ1) is 15.1. The molecule has 0 bridgehead atoms. The van der Waals surface area contributed by atoms with Gasteiger partial charge in [0.05, 0.1) is 10.2 Å². The summed E-state index contributed by atoms with van der Waals surface area (Å²) in [6.07, 6.45) is 0. The van der Waals surface area contributed by atoms with Crippen molar-refractivity contribution >= 4 is 55.0 Å². The standard InChI is InChI=1S/C12H12N2O3S3/c1-7(15)13-9(11(16)17)6-18-20-12-14-8-4-2-3-5-10(8)19-12/h2-5,9H,6H2,1H3,(H,13,15)(H,16,17). The van der Waals surface area contributed by atoms with E-state index < -0.39 is 12.0 Å². The van der Waals surface area contributed by atoms with Crippen LogP contribution in [0.2, 0.25) is 0 Å². The second-order valence-corrected chi connectivity index (χ2v) is 7.53. The van der Waals surface area contributed by atoms with Crippen molar-refractivity contribution in [3.63, 3.8) is 0 Å². The van der Waals surface area contributed by atoms with E-state index in [2.05, 4.69) is 10.3 Å². The summed E-state index contributed by atoms with van der Waals surface area (Å²) in [7, 11) is 2.80. The lowest BCUT2D eigenvalue weighted by atomic mass is 10.3. The van der Waals surface area contributed by atoms with Gasteiger partial charge in [-0.2, -0.15) is 0 Å². The molecule has 106 valence electrons. The van der Waals surface area contributed by atoms with Crippen LogP contribution in [0.1, 0.15) is 6.92 Å². The number of fused-ring (bicyclic) bond motifs is 1. The molecule has 0 fully saturated rings. The number of rotatable bonds is 6. The number of carbonyl (C=O) groups excluding carboxylic acids is 1. The highest BCUT2D eigenvalue weighted by Crippen LogP contribution is 2.36. The number of carbonyl (C=O) groups is 2. The highest BCUT2D eigenvalue weighted by molar-refractivity contribution is 8.77. The Labute approximate surface area is 127 Å². The monoisotopic (exact) mass is 328 g/mol. The highest BCUT2D eigenvalue weighted by Gasteiger charge is 2.18. The summed E-state index contributed by atoms with van der Waals surface area (Å²) in [5.41, 5.74) is 0.942. The minimum Gasteiger partial charge on any atom is -0.480 e. The molecular weight excluding hydrogens is 316 g/mol. The predicted molar refractivity (Wildman–Crippen MR) is 83.2 cm³/mol. The van der Waals surface area contributed by atoms with Crippen LogP contribution < -0.4 is 5.32 Å². The minimum atomic E-state index is -1.03. The molecule has 0 spiro atoms. The van der Waals surface area contributed by atoms with Crippen LogP contribution >= 0.6 is 32.9 Å². The Morgan fingerprint density at radius 1 is 1.45 bits per heavy atom. The van der Waals surface area contributed by atoms with E-state index in [1.807, 2.05) is 24.3 Å². The van der Waals surface area contributed by atoms with E-state index >= 15 is 0 Å². The predicted octanol–water partition coefficient (Wildman–Crippen LogP) is 2.63. The molecule has 1 unspecified atom stereocenters. The number of hydrogen-bond donors (Lipinski definition) is 2. The van der Waals surface area contributed by atoms with Crippen molar-refractivity contribution in [2.45, 2.75) is 17.3 Å². The fourth-order valence-corrected chi connectivity index (χ4v) is 4.99. The number of amides is 1. The zero-order valence-corrected chi connectivity index (χ0v) is 13.0. The molecule has 0 radical (unpaired) electrons. The molecule has 0 aliphatic heterocycles. The smallest absolute Gasteiger partial charge is 0.327 e. The van der Waals surface area contributed by atoms with Gasteiger partial charge in [-0.05, 0) is 22.9 Å². The van der Waals surface area contributed by atoms with Crippen molar-refractivity contribution in [1.29, 1.82) is 0 Å². The lowest BCUT2D eigenvalue weighted by molar-refractivity contribution is -0.140. The van der Waals surface area contributed by atoms with Crippen molar-refractivity contribution in [1.82, 2.24) is 10.3 Å². The lowest BCUT2D eigenvalue weighted by Crippen LogP contribution is -2.41. The quantitative estimate of drug-likeness (QED) is 0.794. The van der Waals surface area contributed by atoms with Crippen LogP contribution in [-0.2, 0) is 9.59 Å². The number of aromatic nitrogens is 1. The number of hydrogen-bond acceptors (Lipinski definition) is 6. The Balaban J connectivity index is 1.91. The summed E-state index contributed by atoms with van der Waals surface area (Å²) in [5.74, 6) is -1.09. The van der Waals surface area contributed by atoms with Crippen LogP contribution in [-0.4, -0.2) is 33.8 Å². The van der Waals surface area contributed by atoms with Crippen LogP contribution in [0, 0.1) is 0 Å². The molecule has 1 amide bonds. The number of nitrogens with one attached hydrogen (secondary N) is 1. The normalized spacial score (nSPS) is 12.2. The maximum atomic E-state index is 11.0. The first-order valence-electron chi connectivity index (χ1n) is 5.71. The lowest BCUT2D eigenvalue weighted by Gasteiger charge is -2.11. The molecule has 1 heterocycles. The van der Waals surface area contributed by atoms with Gasteiger partial charge in [-0.1, -0.05) is 22.9 Å². The van der Waals surface area contributed by atoms with Gasteiger partial charge < -0.3 is 10.4 Å². The molecule has 0 saturated carbocycles. The third-order valence-corrected chi connectivity index (χ3v) is 6.02. The van der Waals surface area contributed by atoms with E-state index in [1.165, 1.54) is 28.5 Å². The van der Waals surface area contributed by atoms with Gasteiger partial charge in [-0.3, -0.25) is 4.79 Å². The Bertz CT molecular complexity index is 596. The first-order valence-corrected chi connectivity index (χ1v) is 8.85. The number of carboxylic acid groups (broad SMARTS) is 1. The molecule has 2 aromatic rings. The van der Waals surface area contributed by atoms with Crippen LogP contribution in [0.5, 0.6) is 0 Å². The minimum absolute atomic E-state index is 0.287. The van der Waals surface area contributed by atoms with E-state index in [9.17, 15) is 9.59 Å². The largest absolute Gasteiger partial charge is 0.480 e. The fourth-order valence-electron chi connectivity index (χ4n) is 1.46. The van der Waals surface area contributed by atoms with Crippen molar-refractivity contribution in [3.8, 4) is 0 Å². The molecule has 20 heavy (non-hydrogen) atoms. The molecule has 5 nitrogen and oxygen atoms in total. The van der Waals surface area contributed by atoms with Gasteiger partial charge in [0.25, 0.3) is 0 Å². The molecule has 1 atom stereocenters. The Morgan fingerprint density at radius 3 is 2.85 bits per heavy atom. The zero-order valence-electron chi connectivity index (χ0n) is 10.5. The Hall–Kier alpha value is -1.25. The number of thiazole rings is 1. The summed E-state index contributed by atoms with van der Waals surface area (Å²) in [6, 6.07) is 6.96. The van der Waals surface area contributed by atoms with Gasteiger partial charge in [0.2, 0.25) is 5.91 Å². The topological polar surface area (TPSA) is 79.3 Å². The van der Waals surface area contributed by atoms with E-state index in [-0.39, 0.29) is 11.7 Å². The van der Waals surface area contributed by atoms with Gasteiger partial charge in [0.1, 0.15) is 6.04 Å². The molecule has 0 aliphatic rings. The van der Waals surface area contributed by atoms with Crippen molar-refractivity contribution in [2.75, 3.05) is 5.75 Å². The summed E-state index contributed by atoms with van der Waals surface area (Å²) in [5, 5.41) is 11.4. The van der Waals surface area contributed by atoms with Crippen LogP contribution in [0.15, 0.2) is 28.6 Å². The Kier molecular flexibility index (Phi) is 5.27. The number of nitrogens with zero attached hydrogens (tertiary/aromatic N) is 1. The highest BCUT2D eigenvalue weighted by atomic mass is 33.1. The fraction of sp³-hybridized carbons (Fsp3) is 0.250. The van der Waals surface area contributed by atoms with Gasteiger partial charge in [0, 0.05) is 12.7 Å². The SMILES string of the molecule is CC(=O)NC(CSSc1nc2ccccc2s1)C(=O)O. The van der Waals surface area contributed by atoms with Gasteiger partial charge in [-0.15, -0.1) is 11.3 Å². The molecule has 2 rings (SSSR count). The molecule has 0 aliphatic carbocycles. The van der Waals surface area contributed by atoms with Crippen LogP contribution in [0.4, 0.5) is 0 Å². The molecular formula is C12H12N2O3S3. The van der Waals surface area contributed by atoms with E-state index in [1.54, 1.807) is 11.3 Å². The number of para-hydroxylation sites is 1. The number of carboxylic acids is 1. The third kappa shape index (κ3) is 4.12. The molecule has 8 heteroatoms. The average Bonchev–Trinajstić information content (AvgIpc) is 2.79. The zero-order chi connectivity index (χ0) is 14.5. The van der Waals surface area contributed by atoms with Crippen molar-refractivity contribution in [2.24, 2.45) is 0 Å². The number of benzene rings is 1.